The van der Waals surface area contributed by atoms with E-state index in [4.69, 9.17) is 23.2 Å². The maximum atomic E-state index is 11.8. The fourth-order valence-electron chi connectivity index (χ4n) is 1.69. The van der Waals surface area contributed by atoms with Gasteiger partial charge in [-0.05, 0) is 48.4 Å². The highest BCUT2D eigenvalue weighted by atomic mass is 35.5. The van der Waals surface area contributed by atoms with Gasteiger partial charge in [-0.3, -0.25) is 0 Å². The fraction of sp³-hybridized carbons (Fsp3) is 0.0625. The van der Waals surface area contributed by atoms with Gasteiger partial charge in [-0.1, -0.05) is 41.4 Å². The van der Waals surface area contributed by atoms with Crippen molar-refractivity contribution in [2.24, 2.45) is 0 Å². The van der Waals surface area contributed by atoms with Crippen LogP contribution in [0, 0.1) is 6.92 Å². The van der Waals surface area contributed by atoms with Gasteiger partial charge in [0, 0.05) is 21.9 Å². The molecule has 21 heavy (non-hydrogen) atoms. The van der Waals surface area contributed by atoms with Gasteiger partial charge < -0.3 is 10.6 Å². The first-order valence-corrected chi connectivity index (χ1v) is 7.06. The van der Waals surface area contributed by atoms with Crippen LogP contribution in [0.15, 0.2) is 48.7 Å². The second-order valence-electron chi connectivity index (χ2n) is 4.40. The van der Waals surface area contributed by atoms with E-state index in [-0.39, 0.29) is 6.03 Å². The minimum atomic E-state index is -0.328. The number of amides is 2. The van der Waals surface area contributed by atoms with Crippen molar-refractivity contribution in [2.45, 2.75) is 6.92 Å². The molecule has 2 N–H and O–H groups in total. The number of benzene rings is 2. The molecule has 0 fully saturated rings. The number of hydrogen-bond donors (Lipinski definition) is 2. The molecule has 0 radical (unpaired) electrons. The van der Waals surface area contributed by atoms with Crippen molar-refractivity contribution < 1.29 is 4.79 Å². The van der Waals surface area contributed by atoms with Gasteiger partial charge in [0.05, 0.1) is 0 Å². The van der Waals surface area contributed by atoms with Crippen molar-refractivity contribution in [3.05, 3.63) is 69.8 Å². The van der Waals surface area contributed by atoms with E-state index < -0.39 is 0 Å². The molecule has 2 aromatic rings. The molecule has 0 aliphatic heterocycles. The first-order valence-electron chi connectivity index (χ1n) is 6.31. The van der Waals surface area contributed by atoms with Gasteiger partial charge in [-0.15, -0.1) is 0 Å². The molecule has 0 unspecified atom stereocenters. The Morgan fingerprint density at radius 1 is 1.10 bits per heavy atom. The predicted octanol–water partition coefficient (Wildman–Crippen LogP) is 5.09. The Bertz CT molecular complexity index is 666. The summed E-state index contributed by atoms with van der Waals surface area (Å²) in [6.07, 6.45) is 3.35. The van der Waals surface area contributed by atoms with E-state index in [2.05, 4.69) is 10.6 Å². The predicted molar refractivity (Wildman–Crippen MR) is 88.8 cm³/mol. The van der Waals surface area contributed by atoms with Crippen LogP contribution in [0.25, 0.3) is 6.08 Å². The Labute approximate surface area is 133 Å². The average Bonchev–Trinajstić information content (AvgIpc) is 2.46. The lowest BCUT2D eigenvalue weighted by molar-refractivity contribution is 0.255. The quantitative estimate of drug-likeness (QED) is 0.812. The van der Waals surface area contributed by atoms with Gasteiger partial charge in [0.25, 0.3) is 0 Å². The van der Waals surface area contributed by atoms with Gasteiger partial charge >= 0.3 is 6.03 Å². The fourth-order valence-corrected chi connectivity index (χ4v) is 1.99. The molecule has 5 heteroatoms. The minimum Gasteiger partial charge on any atom is -0.314 e. The van der Waals surface area contributed by atoms with Crippen LogP contribution >= 0.6 is 23.2 Å². The van der Waals surface area contributed by atoms with Crippen LogP contribution in [0.2, 0.25) is 10.0 Å². The molecule has 0 heterocycles. The molecular formula is C16H14Cl2N2O. The van der Waals surface area contributed by atoms with E-state index in [0.717, 1.165) is 11.1 Å². The van der Waals surface area contributed by atoms with E-state index in [0.29, 0.717) is 15.7 Å². The van der Waals surface area contributed by atoms with Gasteiger partial charge in [0.1, 0.15) is 0 Å². The Hall–Kier alpha value is -1.97. The molecule has 0 atom stereocenters. The lowest BCUT2D eigenvalue weighted by Crippen LogP contribution is -2.24. The number of rotatable bonds is 3. The Balaban J connectivity index is 1.93. The van der Waals surface area contributed by atoms with Crippen LogP contribution in [0.3, 0.4) is 0 Å². The third-order valence-electron chi connectivity index (χ3n) is 2.88. The van der Waals surface area contributed by atoms with Crippen molar-refractivity contribution >= 4 is 41.0 Å². The monoisotopic (exact) mass is 320 g/mol. The lowest BCUT2D eigenvalue weighted by Gasteiger charge is -2.08. The highest BCUT2D eigenvalue weighted by molar-refractivity contribution is 6.31. The second-order valence-corrected chi connectivity index (χ2v) is 5.24. The lowest BCUT2D eigenvalue weighted by atomic mass is 10.2. The van der Waals surface area contributed by atoms with Crippen LogP contribution in [0.4, 0.5) is 10.5 Å². The summed E-state index contributed by atoms with van der Waals surface area (Å²) in [6.45, 7) is 1.85. The van der Waals surface area contributed by atoms with E-state index in [1.54, 1.807) is 42.6 Å². The normalized spacial score (nSPS) is 10.6. The number of halogens is 2. The van der Waals surface area contributed by atoms with Gasteiger partial charge in [-0.2, -0.15) is 0 Å². The average molecular weight is 321 g/mol. The zero-order valence-electron chi connectivity index (χ0n) is 11.4. The molecular weight excluding hydrogens is 307 g/mol. The summed E-state index contributed by atoms with van der Waals surface area (Å²) in [4.78, 5) is 11.8. The highest BCUT2D eigenvalue weighted by Gasteiger charge is 2.04. The summed E-state index contributed by atoms with van der Waals surface area (Å²) in [5, 5.41) is 6.66. The summed E-state index contributed by atoms with van der Waals surface area (Å²) < 4.78 is 0. The Morgan fingerprint density at radius 3 is 2.52 bits per heavy atom. The first kappa shape index (κ1) is 15.4. The van der Waals surface area contributed by atoms with Crippen LogP contribution in [0.5, 0.6) is 0 Å². The van der Waals surface area contributed by atoms with Gasteiger partial charge in [-0.25, -0.2) is 4.79 Å². The van der Waals surface area contributed by atoms with Crippen molar-refractivity contribution in [2.75, 3.05) is 5.32 Å². The number of nitrogens with one attached hydrogen (secondary N) is 2. The molecule has 0 aliphatic rings. The molecule has 0 bridgehead atoms. The number of hydrogen-bond acceptors (Lipinski definition) is 1. The van der Waals surface area contributed by atoms with Gasteiger partial charge in [0.15, 0.2) is 0 Å². The molecule has 0 saturated heterocycles. The standard InChI is InChI=1S/C16H14Cl2N2O/c1-11-14(18)3-2-4-15(11)20-16(21)19-10-9-12-5-7-13(17)8-6-12/h2-10H,1H3,(H2,19,20,21)/b10-9+. The third kappa shape index (κ3) is 4.52. The van der Waals surface area contributed by atoms with E-state index >= 15 is 0 Å². The number of anilines is 1. The Kier molecular flexibility index (Phi) is 5.26. The Morgan fingerprint density at radius 2 is 1.81 bits per heavy atom. The van der Waals surface area contributed by atoms with Crippen molar-refractivity contribution in [3.63, 3.8) is 0 Å². The molecule has 0 aliphatic carbocycles. The largest absolute Gasteiger partial charge is 0.323 e. The maximum Gasteiger partial charge on any atom is 0.323 e. The summed E-state index contributed by atoms with van der Waals surface area (Å²) >= 11 is 11.8. The van der Waals surface area contributed by atoms with E-state index in [1.807, 2.05) is 19.1 Å². The van der Waals surface area contributed by atoms with Crippen molar-refractivity contribution in [1.29, 1.82) is 0 Å². The number of carbonyl (C=O) groups is 1. The summed E-state index contributed by atoms with van der Waals surface area (Å²) in [7, 11) is 0. The minimum absolute atomic E-state index is 0.328. The molecule has 2 amide bonds. The van der Waals surface area contributed by atoms with Crippen molar-refractivity contribution in [1.82, 2.24) is 5.32 Å². The maximum absolute atomic E-state index is 11.8. The van der Waals surface area contributed by atoms with E-state index in [1.165, 1.54) is 0 Å². The molecule has 0 saturated carbocycles. The molecule has 3 nitrogen and oxygen atoms in total. The zero-order valence-corrected chi connectivity index (χ0v) is 12.9. The number of urea groups is 1. The van der Waals surface area contributed by atoms with Crippen LogP contribution in [-0.4, -0.2) is 6.03 Å². The SMILES string of the molecule is Cc1c(Cl)cccc1NC(=O)N/C=C/c1ccc(Cl)cc1. The summed E-state index contributed by atoms with van der Waals surface area (Å²) in [5.41, 5.74) is 2.45. The highest BCUT2D eigenvalue weighted by Crippen LogP contribution is 2.22. The zero-order chi connectivity index (χ0) is 15.2. The van der Waals surface area contributed by atoms with Crippen LogP contribution in [0.1, 0.15) is 11.1 Å². The third-order valence-corrected chi connectivity index (χ3v) is 3.54. The molecule has 2 rings (SSSR count). The molecule has 2 aromatic carbocycles. The van der Waals surface area contributed by atoms with Crippen LogP contribution < -0.4 is 10.6 Å². The summed E-state index contributed by atoms with van der Waals surface area (Å²) in [5.74, 6) is 0. The van der Waals surface area contributed by atoms with E-state index in [9.17, 15) is 4.79 Å². The molecule has 0 spiro atoms. The van der Waals surface area contributed by atoms with Crippen LogP contribution in [-0.2, 0) is 0 Å². The topological polar surface area (TPSA) is 41.1 Å². The second kappa shape index (κ2) is 7.16. The summed E-state index contributed by atoms with van der Waals surface area (Å²) in [6, 6.07) is 12.3. The molecule has 108 valence electrons. The smallest absolute Gasteiger partial charge is 0.314 e. The number of carbonyl (C=O) groups excluding carboxylic acids is 1. The first-order chi connectivity index (χ1) is 10.1. The van der Waals surface area contributed by atoms with Crippen molar-refractivity contribution in [3.8, 4) is 0 Å². The molecule has 0 aromatic heterocycles. The van der Waals surface area contributed by atoms with Gasteiger partial charge in [0.2, 0.25) is 0 Å².